The van der Waals surface area contributed by atoms with Crippen LogP contribution in [-0.2, 0) is 10.8 Å². The van der Waals surface area contributed by atoms with E-state index in [9.17, 15) is 0 Å². The van der Waals surface area contributed by atoms with Gasteiger partial charge in [0, 0.05) is 0 Å². The molecule has 32 aromatic carbocycles. The molecule has 0 spiro atoms. The summed E-state index contributed by atoms with van der Waals surface area (Å²) < 4.78 is 0. The monoisotopic (exact) mass is 1850 g/mol. The fourth-order valence-corrected chi connectivity index (χ4v) is 26.7. The van der Waals surface area contributed by atoms with Gasteiger partial charge in [-0.2, -0.15) is 0 Å². The first-order valence-corrected chi connectivity index (χ1v) is 51.6. The van der Waals surface area contributed by atoms with Crippen LogP contribution in [0.25, 0.3) is 315 Å². The maximum absolute atomic E-state index is 2.54. The van der Waals surface area contributed by atoms with Crippen LogP contribution in [0.1, 0.15) is 52.7 Å². The lowest BCUT2D eigenvalue weighted by molar-refractivity contribution is 0.569. The van der Waals surface area contributed by atoms with E-state index in [0.29, 0.717) is 0 Å². The number of hydrogen-bond donors (Lipinski definition) is 0. The summed E-state index contributed by atoms with van der Waals surface area (Å²) in [4.78, 5) is 0. The van der Waals surface area contributed by atoms with Gasteiger partial charge in [-0.25, -0.2) is 0 Å². The summed E-state index contributed by atoms with van der Waals surface area (Å²) in [5.41, 5.74) is 23.2. The van der Waals surface area contributed by atoms with Gasteiger partial charge in [0.25, 0.3) is 0 Å². The summed E-state index contributed by atoms with van der Waals surface area (Å²) in [7, 11) is 0. The first-order chi connectivity index (χ1) is 71.8. The van der Waals surface area contributed by atoms with Crippen LogP contribution in [0.3, 0.4) is 0 Å². The van der Waals surface area contributed by atoms with Crippen LogP contribution in [0.4, 0.5) is 0 Å². The first kappa shape index (κ1) is 83.8. The zero-order valence-corrected chi connectivity index (χ0v) is 82.0. The Hall–Kier alpha value is -17.9. The predicted octanol–water partition coefficient (Wildman–Crippen LogP) is 41.8. The van der Waals surface area contributed by atoms with Crippen LogP contribution in [0, 0.1) is 0 Å². The standard InChI is InChI=1S/C50H40.2C48H28/c1-49(2,3)32-25-31(26-33(27-32)50(4,5)6)44-46-39-24-14-21-36-34-19-10-11-20-35(34)40(45(36)39)28-41(46)43(30-15-8-7-9-16-30)47-37-22-12-17-29-18-13-23-38(42(29)37)48(44)47;1-3-14-29(15-4-1)32-20-7-10-23-35(32)46-45-39-27-13-24-36-33-21-8-9-22-34(33)40(44(36)39)28-41(45)43(31-16-5-2-6-17-31)47-37-25-11-18-30-19-12-26-38(42(30)37)48(46)47;1-3-13-29(14-4-1)32-19-9-20-33(27-32)44-46-39-26-12-23-36-34-21-7-8-22-35(34)40(45(36)39)28-41(46)43(31-15-5-2-6-16-31)47-37-24-10-17-30-18-11-25-38(42(30)37)48(44)47/h7-28H,1-6H3;2*1-28H. The van der Waals surface area contributed by atoms with Crippen molar-refractivity contribution in [3.8, 4) is 89.0 Å². The molecule has 0 fully saturated rings. The Bertz CT molecular complexity index is 10900. The second-order valence-corrected chi connectivity index (χ2v) is 42.7. The highest BCUT2D eigenvalue weighted by Gasteiger charge is 2.34. The van der Waals surface area contributed by atoms with Crippen molar-refractivity contribution in [1.82, 2.24) is 0 Å². The fourth-order valence-electron chi connectivity index (χ4n) is 26.7. The van der Waals surface area contributed by atoms with Crippen molar-refractivity contribution < 1.29 is 0 Å². The molecule has 0 atom stereocenters. The quantitative estimate of drug-likeness (QED) is 0.133. The second-order valence-electron chi connectivity index (χ2n) is 42.7. The van der Waals surface area contributed by atoms with E-state index in [2.05, 4.69) is 515 Å². The molecule has 32 aromatic rings. The van der Waals surface area contributed by atoms with Crippen molar-refractivity contribution in [1.29, 1.82) is 0 Å². The fraction of sp³-hybridized carbons (Fsp3) is 0.0548. The average molecular weight is 1850 g/mol. The molecule has 0 bridgehead atoms. The molecule has 0 radical (unpaired) electrons. The van der Waals surface area contributed by atoms with Crippen molar-refractivity contribution >= 4 is 226 Å². The van der Waals surface area contributed by atoms with Crippen molar-refractivity contribution in [3.05, 3.63) is 484 Å². The molecular weight excluding hydrogens is 1750 g/mol. The Morgan fingerprint density at radius 1 is 0.110 bits per heavy atom. The topological polar surface area (TPSA) is 0 Å². The van der Waals surface area contributed by atoms with Gasteiger partial charge in [-0.15, -0.1) is 0 Å². The minimum absolute atomic E-state index is 0.00505. The van der Waals surface area contributed by atoms with Crippen LogP contribution in [0.2, 0.25) is 0 Å². The molecule has 0 nitrogen and oxygen atoms in total. The van der Waals surface area contributed by atoms with E-state index in [1.54, 1.807) is 0 Å². The summed E-state index contributed by atoms with van der Waals surface area (Å²) in [5, 5.41) is 56.0. The normalized spacial score (nSPS) is 12.5. The molecule has 0 aliphatic rings. The molecule has 0 saturated carbocycles. The van der Waals surface area contributed by atoms with Crippen molar-refractivity contribution in [2.75, 3.05) is 0 Å². The van der Waals surface area contributed by atoms with Crippen LogP contribution in [-0.4, -0.2) is 0 Å². The van der Waals surface area contributed by atoms with Gasteiger partial charge in [-0.3, -0.25) is 0 Å². The summed E-state index contributed by atoms with van der Waals surface area (Å²) in [5.74, 6) is 0. The Morgan fingerprint density at radius 3 is 0.685 bits per heavy atom. The lowest BCUT2D eigenvalue weighted by Crippen LogP contribution is -2.16. The van der Waals surface area contributed by atoms with E-state index < -0.39 is 0 Å². The molecule has 0 aliphatic carbocycles. The van der Waals surface area contributed by atoms with E-state index in [0.717, 1.165) is 0 Å². The average Bonchev–Trinajstić information content (AvgIpc) is 1.52. The molecule has 0 saturated heterocycles. The van der Waals surface area contributed by atoms with Gasteiger partial charge in [0.2, 0.25) is 0 Å². The first-order valence-electron chi connectivity index (χ1n) is 51.6. The minimum Gasteiger partial charge on any atom is -0.0622 e. The van der Waals surface area contributed by atoms with E-state index >= 15 is 0 Å². The maximum atomic E-state index is 2.54. The van der Waals surface area contributed by atoms with Gasteiger partial charge in [0.05, 0.1) is 0 Å². The van der Waals surface area contributed by atoms with Gasteiger partial charge in [0.1, 0.15) is 0 Å². The zero-order valence-electron chi connectivity index (χ0n) is 82.0. The van der Waals surface area contributed by atoms with Crippen LogP contribution in [0.5, 0.6) is 0 Å². The van der Waals surface area contributed by atoms with E-state index in [1.807, 2.05) is 0 Å². The second kappa shape index (κ2) is 31.8. The lowest BCUT2D eigenvalue weighted by atomic mass is 9.77. The zero-order chi connectivity index (χ0) is 96.8. The molecule has 0 amide bonds. The van der Waals surface area contributed by atoms with Crippen molar-refractivity contribution in [2.45, 2.75) is 52.4 Å². The van der Waals surface area contributed by atoms with Gasteiger partial charge < -0.3 is 0 Å². The van der Waals surface area contributed by atoms with Crippen LogP contribution < -0.4 is 0 Å². The Kier molecular flexibility index (Phi) is 18.2. The van der Waals surface area contributed by atoms with Gasteiger partial charge >= 0.3 is 0 Å². The highest BCUT2D eigenvalue weighted by atomic mass is 14.4. The minimum atomic E-state index is -0.00505. The lowest BCUT2D eigenvalue weighted by Gasteiger charge is -2.27. The third-order valence-corrected chi connectivity index (χ3v) is 32.8. The van der Waals surface area contributed by atoms with Crippen molar-refractivity contribution in [2.24, 2.45) is 0 Å². The third-order valence-electron chi connectivity index (χ3n) is 32.8. The molecule has 0 heterocycles. The van der Waals surface area contributed by atoms with E-state index in [1.165, 1.54) is 326 Å². The van der Waals surface area contributed by atoms with Gasteiger partial charge in [-0.1, -0.05) is 490 Å². The summed E-state index contributed by atoms with van der Waals surface area (Å²) in [6, 6.07) is 177. The van der Waals surface area contributed by atoms with Crippen molar-refractivity contribution in [3.63, 3.8) is 0 Å². The molecular formula is C146H96. The molecule has 680 valence electrons. The van der Waals surface area contributed by atoms with E-state index in [4.69, 9.17) is 0 Å². The number of fused-ring (bicyclic) bond motifs is 24. The molecule has 32 rings (SSSR count). The predicted molar refractivity (Wildman–Crippen MR) is 635 cm³/mol. The van der Waals surface area contributed by atoms with Crippen LogP contribution in [0.15, 0.2) is 473 Å². The summed E-state index contributed by atoms with van der Waals surface area (Å²) >= 11 is 0. The molecule has 146 heavy (non-hydrogen) atoms. The number of rotatable bonds is 8. The molecule has 0 heteroatoms. The summed E-state index contributed by atoms with van der Waals surface area (Å²) in [6.45, 7) is 14.1. The van der Waals surface area contributed by atoms with Crippen LogP contribution >= 0.6 is 0 Å². The molecule has 0 N–H and O–H groups in total. The smallest absolute Gasteiger partial charge is 0.000697 e. The van der Waals surface area contributed by atoms with E-state index in [-0.39, 0.29) is 10.8 Å². The molecule has 0 unspecified atom stereocenters. The Balaban J connectivity index is 0.000000102. The maximum Gasteiger partial charge on any atom is -0.000697 e. The van der Waals surface area contributed by atoms with Gasteiger partial charge in [-0.05, 0) is 361 Å². The molecule has 0 aromatic heterocycles. The Morgan fingerprint density at radius 2 is 0.342 bits per heavy atom. The Labute approximate surface area is 845 Å². The SMILES string of the molecule is CC(C)(C)c1cc(-c2c3c(cc4c5ccccc5c5cccc3c54)c(-c3ccccc3)c3c4cccc5cccc(c23)c54)cc(C(C)(C)C)c1.c1ccc(-c2cccc(-c3c4c(cc5c6ccccc6c6cccc4c65)c(-c4ccccc4)c4c5cccc6cccc(c34)c65)c2)cc1.c1ccc(-c2ccccc2-c2c3c(cc4c5ccccc5c5cccc3c54)c(-c3ccccc3)c3c4cccc5cccc(c23)c54)cc1. The third kappa shape index (κ3) is 12.2. The number of hydrogen-bond acceptors (Lipinski definition) is 0. The van der Waals surface area contributed by atoms with Gasteiger partial charge in [0.15, 0.2) is 0 Å². The highest BCUT2D eigenvalue weighted by molar-refractivity contribution is 6.50. The summed E-state index contributed by atoms with van der Waals surface area (Å²) in [6.07, 6.45) is 0. The number of benzene rings is 26. The highest BCUT2D eigenvalue weighted by Crippen LogP contribution is 2.61. The molecule has 0 aliphatic heterocycles. The largest absolute Gasteiger partial charge is 0.0622 e.